The van der Waals surface area contributed by atoms with Crippen LogP contribution in [-0.2, 0) is 6.54 Å². The van der Waals surface area contributed by atoms with E-state index in [1.807, 2.05) is 11.4 Å². The fourth-order valence-electron chi connectivity index (χ4n) is 1.87. The van der Waals surface area contributed by atoms with Crippen molar-refractivity contribution in [2.45, 2.75) is 39.3 Å². The Morgan fingerprint density at radius 2 is 2.18 bits per heavy atom. The van der Waals surface area contributed by atoms with Gasteiger partial charge in [0, 0.05) is 23.3 Å². The Hall–Kier alpha value is -0.890. The van der Waals surface area contributed by atoms with Crippen LogP contribution in [0.1, 0.15) is 37.1 Å². The fourth-order valence-corrected chi connectivity index (χ4v) is 2.65. The molecule has 0 fully saturated rings. The number of rotatable bonds is 7. The molecule has 1 aromatic rings. The average molecular weight is 252 g/mol. The molecule has 1 rings (SSSR count). The van der Waals surface area contributed by atoms with Crippen LogP contribution in [-0.4, -0.2) is 17.8 Å². The zero-order valence-electron chi connectivity index (χ0n) is 10.4. The quantitative estimate of drug-likeness (QED) is 0.784. The van der Waals surface area contributed by atoms with Gasteiger partial charge in [0.2, 0.25) is 0 Å². The minimum Gasteiger partial charge on any atom is -0.392 e. The first-order chi connectivity index (χ1) is 8.21. The second-order valence-corrected chi connectivity index (χ2v) is 5.18. The summed E-state index contributed by atoms with van der Waals surface area (Å²) in [4.78, 5) is 1.14. The normalized spacial score (nSPS) is 12.6. The summed E-state index contributed by atoms with van der Waals surface area (Å²) in [5, 5.41) is 23.7. The van der Waals surface area contributed by atoms with Crippen molar-refractivity contribution >= 4 is 11.3 Å². The average Bonchev–Trinajstić information content (AvgIpc) is 2.78. The van der Waals surface area contributed by atoms with Gasteiger partial charge in [-0.3, -0.25) is 0 Å². The fraction of sp³-hybridized carbons (Fsp3) is 0.615. The largest absolute Gasteiger partial charge is 0.392 e. The summed E-state index contributed by atoms with van der Waals surface area (Å²) in [6.07, 6.45) is 1.74. The van der Waals surface area contributed by atoms with Crippen LogP contribution in [0, 0.1) is 17.2 Å². The van der Waals surface area contributed by atoms with Gasteiger partial charge in [-0.1, -0.05) is 26.7 Å². The van der Waals surface area contributed by atoms with Crippen molar-refractivity contribution in [3.8, 4) is 6.07 Å². The van der Waals surface area contributed by atoms with E-state index in [1.54, 1.807) is 11.3 Å². The molecule has 4 heteroatoms. The molecule has 1 aromatic heterocycles. The van der Waals surface area contributed by atoms with E-state index in [1.165, 1.54) is 0 Å². The first kappa shape index (κ1) is 14.2. The van der Waals surface area contributed by atoms with Crippen LogP contribution >= 0.6 is 11.3 Å². The molecule has 0 aromatic carbocycles. The molecule has 1 heterocycles. The van der Waals surface area contributed by atoms with E-state index >= 15 is 0 Å². The molecule has 0 amide bonds. The van der Waals surface area contributed by atoms with Crippen LogP contribution in [0.15, 0.2) is 11.4 Å². The number of nitrogens with one attached hydrogen (secondary N) is 1. The van der Waals surface area contributed by atoms with Gasteiger partial charge in [0.1, 0.15) is 6.07 Å². The third kappa shape index (κ3) is 4.47. The van der Waals surface area contributed by atoms with E-state index in [-0.39, 0.29) is 6.10 Å². The number of aliphatic hydroxyl groups excluding tert-OH is 1. The Labute approximate surface area is 107 Å². The predicted octanol–water partition coefficient (Wildman–Crippen LogP) is 2.51. The maximum Gasteiger partial charge on any atom is 0.100 e. The Morgan fingerprint density at radius 1 is 1.47 bits per heavy atom. The summed E-state index contributed by atoms with van der Waals surface area (Å²) in [5.74, 6) is 0.375. The van der Waals surface area contributed by atoms with Crippen LogP contribution in [0.2, 0.25) is 0 Å². The minimum atomic E-state index is -0.277. The molecule has 0 saturated carbocycles. The van der Waals surface area contributed by atoms with E-state index in [0.717, 1.165) is 24.3 Å². The van der Waals surface area contributed by atoms with Gasteiger partial charge in [0.25, 0.3) is 0 Å². The molecule has 2 N–H and O–H groups in total. The van der Waals surface area contributed by atoms with Crippen molar-refractivity contribution in [2.75, 3.05) is 6.54 Å². The maximum absolute atomic E-state index is 9.93. The molecule has 0 aliphatic heterocycles. The van der Waals surface area contributed by atoms with E-state index in [4.69, 9.17) is 5.26 Å². The molecule has 17 heavy (non-hydrogen) atoms. The highest BCUT2D eigenvalue weighted by Gasteiger charge is 2.14. The summed E-state index contributed by atoms with van der Waals surface area (Å²) < 4.78 is 0. The zero-order valence-corrected chi connectivity index (χ0v) is 11.3. The van der Waals surface area contributed by atoms with E-state index in [0.29, 0.717) is 18.0 Å². The first-order valence-corrected chi connectivity index (χ1v) is 6.95. The van der Waals surface area contributed by atoms with Gasteiger partial charge in [-0.05, 0) is 12.0 Å². The lowest BCUT2D eigenvalue weighted by atomic mass is 9.96. The van der Waals surface area contributed by atoms with Crippen LogP contribution in [0.3, 0.4) is 0 Å². The lowest BCUT2D eigenvalue weighted by molar-refractivity contribution is 0.101. The van der Waals surface area contributed by atoms with Crippen molar-refractivity contribution in [1.82, 2.24) is 5.32 Å². The molecule has 0 radical (unpaired) electrons. The van der Waals surface area contributed by atoms with E-state index < -0.39 is 0 Å². The number of nitrogens with zero attached hydrogens (tertiary/aromatic N) is 1. The number of hydrogen-bond donors (Lipinski definition) is 2. The summed E-state index contributed by atoms with van der Waals surface area (Å²) in [6.45, 7) is 5.56. The second-order valence-electron chi connectivity index (χ2n) is 4.19. The molecule has 0 bridgehead atoms. The van der Waals surface area contributed by atoms with Gasteiger partial charge in [0.05, 0.1) is 11.7 Å². The van der Waals surface area contributed by atoms with Crippen LogP contribution in [0.4, 0.5) is 0 Å². The van der Waals surface area contributed by atoms with Crippen LogP contribution in [0.5, 0.6) is 0 Å². The van der Waals surface area contributed by atoms with Crippen LogP contribution < -0.4 is 5.32 Å². The molecule has 0 aliphatic rings. The molecule has 3 nitrogen and oxygen atoms in total. The van der Waals surface area contributed by atoms with Crippen LogP contribution in [0.25, 0.3) is 0 Å². The summed E-state index contributed by atoms with van der Waals surface area (Å²) >= 11 is 1.58. The second kappa shape index (κ2) is 7.44. The van der Waals surface area contributed by atoms with Gasteiger partial charge in [0.15, 0.2) is 0 Å². The van der Waals surface area contributed by atoms with Crippen molar-refractivity contribution in [1.29, 1.82) is 5.26 Å². The molecule has 1 unspecified atom stereocenters. The number of hydrogen-bond acceptors (Lipinski definition) is 4. The highest BCUT2D eigenvalue weighted by molar-refractivity contribution is 7.10. The van der Waals surface area contributed by atoms with Gasteiger partial charge < -0.3 is 10.4 Å². The van der Waals surface area contributed by atoms with E-state index in [9.17, 15) is 5.11 Å². The Kier molecular flexibility index (Phi) is 6.20. The molecular weight excluding hydrogens is 232 g/mol. The zero-order chi connectivity index (χ0) is 12.7. The standard InChI is InChI=1S/C13H20N2OS/c1-3-11(4-2)13(16)8-15-7-12-5-10(6-14)9-17-12/h5,9,11,13,15-16H,3-4,7-8H2,1-2H3. The maximum atomic E-state index is 9.93. The Bertz CT molecular complexity index is 366. The monoisotopic (exact) mass is 252 g/mol. The van der Waals surface area contributed by atoms with Crippen molar-refractivity contribution < 1.29 is 5.11 Å². The van der Waals surface area contributed by atoms with Gasteiger partial charge in [-0.2, -0.15) is 5.26 Å². The molecular formula is C13H20N2OS. The highest BCUT2D eigenvalue weighted by atomic mass is 32.1. The topological polar surface area (TPSA) is 56.0 Å². The van der Waals surface area contributed by atoms with Crippen molar-refractivity contribution in [2.24, 2.45) is 5.92 Å². The summed E-state index contributed by atoms with van der Waals surface area (Å²) in [6, 6.07) is 4.01. The molecule has 1 atom stereocenters. The third-order valence-electron chi connectivity index (χ3n) is 3.03. The molecule has 94 valence electrons. The number of thiophene rings is 1. The first-order valence-electron chi connectivity index (χ1n) is 6.07. The van der Waals surface area contributed by atoms with Gasteiger partial charge in [-0.15, -0.1) is 11.3 Å². The lowest BCUT2D eigenvalue weighted by Crippen LogP contribution is -2.32. The number of nitriles is 1. The van der Waals surface area contributed by atoms with Gasteiger partial charge >= 0.3 is 0 Å². The summed E-state index contributed by atoms with van der Waals surface area (Å²) in [7, 11) is 0. The SMILES string of the molecule is CCC(CC)C(O)CNCc1cc(C#N)cs1. The van der Waals surface area contributed by atoms with Crippen molar-refractivity contribution in [3.05, 3.63) is 21.9 Å². The predicted molar refractivity (Wildman–Crippen MR) is 70.8 cm³/mol. The minimum absolute atomic E-state index is 0.277. The third-order valence-corrected chi connectivity index (χ3v) is 3.97. The Morgan fingerprint density at radius 3 is 2.71 bits per heavy atom. The van der Waals surface area contributed by atoms with Gasteiger partial charge in [-0.25, -0.2) is 0 Å². The Balaban J connectivity index is 2.30. The van der Waals surface area contributed by atoms with Crippen molar-refractivity contribution in [3.63, 3.8) is 0 Å². The van der Waals surface area contributed by atoms with E-state index in [2.05, 4.69) is 25.2 Å². The molecule has 0 aliphatic carbocycles. The molecule has 0 saturated heterocycles. The molecule has 0 spiro atoms. The lowest BCUT2D eigenvalue weighted by Gasteiger charge is -2.20. The highest BCUT2D eigenvalue weighted by Crippen LogP contribution is 2.15. The number of aliphatic hydroxyl groups is 1. The smallest absolute Gasteiger partial charge is 0.100 e. The summed E-state index contributed by atoms with van der Waals surface area (Å²) in [5.41, 5.74) is 0.715.